The van der Waals surface area contributed by atoms with E-state index < -0.39 is 48.8 Å². The van der Waals surface area contributed by atoms with Crippen molar-refractivity contribution in [2.45, 2.75) is 48.8 Å². The highest BCUT2D eigenvalue weighted by molar-refractivity contribution is 4.98. The lowest BCUT2D eigenvalue weighted by molar-refractivity contribution is -0.507. The van der Waals surface area contributed by atoms with E-state index in [2.05, 4.69) is 0 Å². The molecule has 0 spiro atoms. The number of hydrogen-bond acceptors (Lipinski definition) is 1. The van der Waals surface area contributed by atoms with Crippen LogP contribution in [0.25, 0.3) is 0 Å². The fraction of sp³-hybridized carbons (Fsp3) is 1.00. The summed E-state index contributed by atoms with van der Waals surface area (Å²) in [5.41, 5.74) is 0. The minimum absolute atomic E-state index is 1.23. The maximum Gasteiger partial charge on any atom is 0.430 e. The van der Waals surface area contributed by atoms with Crippen molar-refractivity contribution in [1.82, 2.24) is 0 Å². The Morgan fingerprint density at radius 2 is 0.640 bits per heavy atom. The maximum atomic E-state index is 12.6. The van der Waals surface area contributed by atoms with E-state index in [1.807, 2.05) is 0 Å². The summed E-state index contributed by atoms with van der Waals surface area (Å²) in [6.07, 6.45) is -26.6. The quantitative estimate of drug-likeness (QED) is 0.489. The highest BCUT2D eigenvalue weighted by Crippen LogP contribution is 2.55. The topological polar surface area (TPSA) is 9.23 Å². The predicted molar refractivity (Wildman–Crippen MR) is 42.8 cm³/mol. The fourth-order valence-corrected chi connectivity index (χ4v) is 0.951. The van der Waals surface area contributed by atoms with Crippen LogP contribution in [0.1, 0.15) is 0 Å². The van der Waals surface area contributed by atoms with Crippen LogP contribution in [0, 0.1) is 0 Å². The monoisotopic (exact) mass is 418 g/mol. The Bertz CT molecular complexity index is 425. The number of rotatable bonds is 8. The van der Waals surface area contributed by atoms with Crippen LogP contribution in [-0.4, -0.2) is 48.8 Å². The van der Waals surface area contributed by atoms with E-state index in [1.54, 1.807) is 0 Å². The first-order valence-electron chi connectivity index (χ1n) is 5.13. The third-order valence-electron chi connectivity index (χ3n) is 2.37. The molecule has 0 N–H and O–H groups in total. The second-order valence-corrected chi connectivity index (χ2v) is 4.13. The Labute approximate surface area is 125 Å². The molecule has 0 saturated heterocycles. The molecular weight excluding hydrogens is 416 g/mol. The molecule has 0 atom stereocenters. The number of alkyl halides is 16. The van der Waals surface area contributed by atoms with Gasteiger partial charge < -0.3 is 0 Å². The first kappa shape index (κ1) is 23.8. The average molecular weight is 418 g/mol. The summed E-state index contributed by atoms with van der Waals surface area (Å²) in [6, 6.07) is 0. The molecule has 17 heteroatoms. The van der Waals surface area contributed by atoms with Crippen LogP contribution in [0.15, 0.2) is 0 Å². The molecule has 0 unspecified atom stereocenters. The summed E-state index contributed by atoms with van der Waals surface area (Å²) in [6.45, 7) is 0. The van der Waals surface area contributed by atoms with Gasteiger partial charge in [-0.15, -0.1) is 0 Å². The second-order valence-electron chi connectivity index (χ2n) is 4.13. The molecule has 152 valence electrons. The van der Waals surface area contributed by atoms with Gasteiger partial charge in [-0.1, -0.05) is 0 Å². The molecule has 0 bridgehead atoms. The van der Waals surface area contributed by atoms with Gasteiger partial charge in [-0.05, 0) is 0 Å². The predicted octanol–water partition coefficient (Wildman–Crippen LogP) is 5.26. The van der Waals surface area contributed by atoms with Crippen molar-refractivity contribution in [2.24, 2.45) is 0 Å². The Hall–Kier alpha value is -1.16. The molecule has 0 aliphatic heterocycles. The molecule has 0 rings (SSSR count). The fourth-order valence-electron chi connectivity index (χ4n) is 0.951. The molecule has 0 radical (unpaired) electrons. The molecule has 0 aromatic rings. The number of halogens is 16. The van der Waals surface area contributed by atoms with Gasteiger partial charge in [-0.2, -0.15) is 52.7 Å². The standard InChI is InChI=1S/C8H2F16O/c9-1(10)3(13,14)5(17,18)7(21,22)25-8(23,24)6(19,20)4(15,16)2(11)12/h1-2H. The summed E-state index contributed by atoms with van der Waals surface area (Å²) >= 11 is 0. The smallest absolute Gasteiger partial charge is 0.245 e. The Morgan fingerprint density at radius 1 is 0.440 bits per heavy atom. The van der Waals surface area contributed by atoms with Crippen molar-refractivity contribution in [3.63, 3.8) is 0 Å². The van der Waals surface area contributed by atoms with Gasteiger partial charge in [0.25, 0.3) is 0 Å². The molecule has 1 nitrogen and oxygen atoms in total. The number of hydrogen-bond donors (Lipinski definition) is 0. The van der Waals surface area contributed by atoms with Crippen molar-refractivity contribution in [3.05, 3.63) is 0 Å². The molecule has 0 aliphatic rings. The molecule has 0 aliphatic carbocycles. The van der Waals surface area contributed by atoms with Crippen LogP contribution < -0.4 is 0 Å². The Balaban J connectivity index is 5.96. The zero-order valence-corrected chi connectivity index (χ0v) is 10.6. The third kappa shape index (κ3) is 3.55. The van der Waals surface area contributed by atoms with Crippen LogP contribution in [0.4, 0.5) is 70.2 Å². The molecule has 0 amide bonds. The summed E-state index contributed by atoms with van der Waals surface area (Å²) in [4.78, 5) is 0. The van der Waals surface area contributed by atoms with Crippen molar-refractivity contribution < 1.29 is 75.0 Å². The average Bonchev–Trinajstić information content (AvgIpc) is 2.35. The van der Waals surface area contributed by atoms with Gasteiger partial charge >= 0.3 is 48.8 Å². The zero-order valence-electron chi connectivity index (χ0n) is 10.6. The van der Waals surface area contributed by atoms with E-state index in [1.165, 1.54) is 4.74 Å². The molecule has 0 aromatic heterocycles. The SMILES string of the molecule is FC(F)C(F)(F)C(F)(F)C(F)(F)OC(F)(F)C(F)(F)C(F)(F)C(F)F. The van der Waals surface area contributed by atoms with Crippen LogP contribution in [0.5, 0.6) is 0 Å². The largest absolute Gasteiger partial charge is 0.430 e. The second kappa shape index (κ2) is 6.22. The van der Waals surface area contributed by atoms with E-state index in [-0.39, 0.29) is 0 Å². The normalized spacial score (nSPS) is 16.1. The zero-order chi connectivity index (χ0) is 20.9. The molecular formula is C8H2F16O. The van der Waals surface area contributed by atoms with Gasteiger partial charge in [-0.3, -0.25) is 0 Å². The minimum Gasteiger partial charge on any atom is -0.245 e. The van der Waals surface area contributed by atoms with Gasteiger partial charge in [0.15, 0.2) is 0 Å². The lowest BCUT2D eigenvalue weighted by atomic mass is 10.1. The Kier molecular flexibility index (Phi) is 5.93. The van der Waals surface area contributed by atoms with Crippen molar-refractivity contribution in [1.29, 1.82) is 0 Å². The van der Waals surface area contributed by atoms with Crippen LogP contribution >= 0.6 is 0 Å². The third-order valence-corrected chi connectivity index (χ3v) is 2.37. The first-order valence-corrected chi connectivity index (χ1v) is 5.13. The lowest BCUT2D eigenvalue weighted by Crippen LogP contribution is -2.65. The lowest BCUT2D eigenvalue weighted by Gasteiger charge is -2.37. The molecule has 0 heterocycles. The Morgan fingerprint density at radius 3 is 0.800 bits per heavy atom. The molecule has 0 fully saturated rings. The van der Waals surface area contributed by atoms with Gasteiger partial charge in [0, 0.05) is 0 Å². The highest BCUT2D eigenvalue weighted by Gasteiger charge is 2.83. The van der Waals surface area contributed by atoms with Gasteiger partial charge in [0.05, 0.1) is 0 Å². The maximum absolute atomic E-state index is 12.6. The molecule has 0 saturated carbocycles. The summed E-state index contributed by atoms with van der Waals surface area (Å²) in [7, 11) is 0. The van der Waals surface area contributed by atoms with Crippen molar-refractivity contribution in [2.75, 3.05) is 0 Å². The van der Waals surface area contributed by atoms with Crippen LogP contribution in [0.2, 0.25) is 0 Å². The van der Waals surface area contributed by atoms with E-state index in [0.717, 1.165) is 0 Å². The van der Waals surface area contributed by atoms with Gasteiger partial charge in [0.2, 0.25) is 0 Å². The van der Waals surface area contributed by atoms with E-state index >= 15 is 0 Å². The van der Waals surface area contributed by atoms with Crippen molar-refractivity contribution >= 4 is 0 Å². The number of ether oxygens (including phenoxy) is 1. The minimum atomic E-state index is -7.63. The van der Waals surface area contributed by atoms with Crippen molar-refractivity contribution in [3.8, 4) is 0 Å². The van der Waals surface area contributed by atoms with Crippen LogP contribution in [-0.2, 0) is 4.74 Å². The van der Waals surface area contributed by atoms with Crippen LogP contribution in [0.3, 0.4) is 0 Å². The van der Waals surface area contributed by atoms with E-state index in [4.69, 9.17) is 0 Å². The summed E-state index contributed by atoms with van der Waals surface area (Å²) in [5, 5.41) is 0. The first-order chi connectivity index (χ1) is 10.6. The van der Waals surface area contributed by atoms with Gasteiger partial charge in [-0.25, -0.2) is 22.3 Å². The van der Waals surface area contributed by atoms with Gasteiger partial charge in [0.1, 0.15) is 0 Å². The van der Waals surface area contributed by atoms with E-state index in [0.29, 0.717) is 0 Å². The van der Waals surface area contributed by atoms with E-state index in [9.17, 15) is 70.2 Å². The summed E-state index contributed by atoms with van der Waals surface area (Å²) in [5.74, 6) is -29.6. The highest BCUT2D eigenvalue weighted by atomic mass is 19.4. The molecule has 25 heavy (non-hydrogen) atoms. The molecule has 0 aromatic carbocycles. The summed E-state index contributed by atoms with van der Waals surface area (Å²) < 4.78 is 198.